The SMILES string of the molecule is CCCCOc1ccc(OCC(=O)N(CCN(CC)CC)c2ccc(OC)cc2OC)cc1.Cl. The summed E-state index contributed by atoms with van der Waals surface area (Å²) in [6.45, 7) is 10.1. The van der Waals surface area contributed by atoms with Gasteiger partial charge in [-0.3, -0.25) is 4.79 Å². The van der Waals surface area contributed by atoms with E-state index in [9.17, 15) is 4.79 Å². The van der Waals surface area contributed by atoms with Gasteiger partial charge in [0.25, 0.3) is 5.91 Å². The molecule has 0 N–H and O–H groups in total. The van der Waals surface area contributed by atoms with Gasteiger partial charge in [-0.15, -0.1) is 12.4 Å². The van der Waals surface area contributed by atoms with Crippen molar-refractivity contribution in [3.63, 3.8) is 0 Å². The molecule has 8 heteroatoms. The minimum Gasteiger partial charge on any atom is -0.497 e. The van der Waals surface area contributed by atoms with Crippen LogP contribution in [0.15, 0.2) is 42.5 Å². The van der Waals surface area contributed by atoms with E-state index in [1.807, 2.05) is 36.4 Å². The molecule has 0 saturated heterocycles. The lowest BCUT2D eigenvalue weighted by Crippen LogP contribution is -2.41. The zero-order valence-corrected chi connectivity index (χ0v) is 21.9. The van der Waals surface area contributed by atoms with E-state index in [1.54, 1.807) is 25.2 Å². The summed E-state index contributed by atoms with van der Waals surface area (Å²) >= 11 is 0. The molecule has 1 amide bonds. The van der Waals surface area contributed by atoms with E-state index in [0.717, 1.165) is 38.2 Å². The number of ether oxygens (including phenoxy) is 4. The first-order chi connectivity index (χ1) is 16.1. The van der Waals surface area contributed by atoms with Crippen molar-refractivity contribution in [1.29, 1.82) is 0 Å². The molecule has 0 fully saturated rings. The van der Waals surface area contributed by atoms with Gasteiger partial charge in [0.05, 0.1) is 26.5 Å². The van der Waals surface area contributed by atoms with Gasteiger partial charge in [0.2, 0.25) is 0 Å². The van der Waals surface area contributed by atoms with Crippen molar-refractivity contribution in [2.45, 2.75) is 33.6 Å². The van der Waals surface area contributed by atoms with Gasteiger partial charge in [0.15, 0.2) is 6.61 Å². The molecule has 0 spiro atoms. The van der Waals surface area contributed by atoms with Crippen LogP contribution >= 0.6 is 12.4 Å². The summed E-state index contributed by atoms with van der Waals surface area (Å²) in [5, 5.41) is 0. The van der Waals surface area contributed by atoms with Crippen LogP contribution in [0.4, 0.5) is 5.69 Å². The van der Waals surface area contributed by atoms with Crippen molar-refractivity contribution < 1.29 is 23.7 Å². The van der Waals surface area contributed by atoms with Crippen molar-refractivity contribution in [3.8, 4) is 23.0 Å². The smallest absolute Gasteiger partial charge is 0.265 e. The second kappa shape index (κ2) is 16.1. The molecule has 0 atom stereocenters. The summed E-state index contributed by atoms with van der Waals surface area (Å²) in [5.41, 5.74) is 0.693. The molecule has 0 saturated carbocycles. The van der Waals surface area contributed by atoms with Crippen LogP contribution in [-0.4, -0.2) is 64.4 Å². The molecule has 190 valence electrons. The highest BCUT2D eigenvalue weighted by molar-refractivity contribution is 5.96. The van der Waals surface area contributed by atoms with Gasteiger partial charge in [-0.1, -0.05) is 27.2 Å². The van der Waals surface area contributed by atoms with Crippen molar-refractivity contribution >= 4 is 24.0 Å². The first kappa shape index (κ1) is 29.4. The molecule has 0 aliphatic rings. The number of carbonyl (C=O) groups is 1. The highest BCUT2D eigenvalue weighted by atomic mass is 35.5. The highest BCUT2D eigenvalue weighted by Gasteiger charge is 2.21. The molecule has 2 aromatic carbocycles. The number of unbranched alkanes of at least 4 members (excludes halogenated alkanes) is 1. The Balaban J connectivity index is 0.00000578. The minimum atomic E-state index is -0.145. The molecular formula is C26H39ClN2O5. The van der Waals surface area contributed by atoms with E-state index in [1.165, 1.54) is 0 Å². The van der Waals surface area contributed by atoms with Gasteiger partial charge in [0, 0.05) is 19.2 Å². The number of rotatable bonds is 15. The predicted octanol–water partition coefficient (Wildman–Crippen LogP) is 5.06. The predicted molar refractivity (Wildman–Crippen MR) is 139 cm³/mol. The fourth-order valence-corrected chi connectivity index (χ4v) is 3.36. The topological polar surface area (TPSA) is 60.5 Å². The summed E-state index contributed by atoms with van der Waals surface area (Å²) in [7, 11) is 3.19. The Morgan fingerprint density at radius 3 is 2.00 bits per heavy atom. The van der Waals surface area contributed by atoms with Crippen LogP contribution in [0.3, 0.4) is 0 Å². The van der Waals surface area contributed by atoms with E-state index < -0.39 is 0 Å². The Bertz CT molecular complexity index is 844. The summed E-state index contributed by atoms with van der Waals surface area (Å²) < 4.78 is 22.3. The molecule has 0 bridgehead atoms. The average molecular weight is 495 g/mol. The molecule has 34 heavy (non-hydrogen) atoms. The average Bonchev–Trinajstić information content (AvgIpc) is 2.86. The maximum atomic E-state index is 13.2. The second-order valence-electron chi connectivity index (χ2n) is 7.57. The van der Waals surface area contributed by atoms with Gasteiger partial charge in [-0.2, -0.15) is 0 Å². The summed E-state index contributed by atoms with van der Waals surface area (Å²) in [6.07, 6.45) is 2.11. The molecule has 0 aromatic heterocycles. The van der Waals surface area contributed by atoms with E-state index in [4.69, 9.17) is 18.9 Å². The van der Waals surface area contributed by atoms with Gasteiger partial charge in [-0.05, 0) is 55.9 Å². The lowest BCUT2D eigenvalue weighted by Gasteiger charge is -2.28. The monoisotopic (exact) mass is 494 g/mol. The minimum absolute atomic E-state index is 0. The van der Waals surface area contributed by atoms with E-state index in [-0.39, 0.29) is 24.9 Å². The fourth-order valence-electron chi connectivity index (χ4n) is 3.36. The number of nitrogens with zero attached hydrogens (tertiary/aromatic N) is 2. The lowest BCUT2D eigenvalue weighted by molar-refractivity contribution is -0.120. The number of amides is 1. The van der Waals surface area contributed by atoms with Crippen LogP contribution in [0.1, 0.15) is 33.6 Å². The van der Waals surface area contributed by atoms with E-state index in [0.29, 0.717) is 36.1 Å². The number of halogens is 1. The van der Waals surface area contributed by atoms with Crippen LogP contribution in [0.5, 0.6) is 23.0 Å². The van der Waals surface area contributed by atoms with Crippen molar-refractivity contribution in [1.82, 2.24) is 4.90 Å². The molecular weight excluding hydrogens is 456 g/mol. The Morgan fingerprint density at radius 2 is 1.44 bits per heavy atom. The Labute approximate surface area is 210 Å². The molecule has 2 rings (SSSR count). The van der Waals surface area contributed by atoms with Gasteiger partial charge >= 0.3 is 0 Å². The van der Waals surface area contributed by atoms with Crippen LogP contribution in [0.25, 0.3) is 0 Å². The lowest BCUT2D eigenvalue weighted by atomic mass is 10.2. The molecule has 0 aliphatic carbocycles. The summed E-state index contributed by atoms with van der Waals surface area (Å²) in [6, 6.07) is 12.8. The quantitative estimate of drug-likeness (QED) is 0.322. The highest BCUT2D eigenvalue weighted by Crippen LogP contribution is 2.32. The fraction of sp³-hybridized carbons (Fsp3) is 0.500. The number of hydrogen-bond acceptors (Lipinski definition) is 6. The van der Waals surface area contributed by atoms with Gasteiger partial charge in [-0.25, -0.2) is 0 Å². The van der Waals surface area contributed by atoms with E-state index in [2.05, 4.69) is 25.7 Å². The maximum Gasteiger partial charge on any atom is 0.265 e. The van der Waals surface area contributed by atoms with Gasteiger partial charge < -0.3 is 28.7 Å². The third kappa shape index (κ3) is 8.95. The first-order valence-electron chi connectivity index (χ1n) is 11.7. The van der Waals surface area contributed by atoms with Crippen LogP contribution in [0.2, 0.25) is 0 Å². The third-order valence-corrected chi connectivity index (χ3v) is 5.47. The second-order valence-corrected chi connectivity index (χ2v) is 7.57. The normalized spacial score (nSPS) is 10.4. The Hall–Kier alpha value is -2.64. The number of anilines is 1. The molecule has 7 nitrogen and oxygen atoms in total. The molecule has 0 aliphatic heterocycles. The zero-order valence-electron chi connectivity index (χ0n) is 21.0. The van der Waals surface area contributed by atoms with Crippen molar-refractivity contribution in [2.24, 2.45) is 0 Å². The van der Waals surface area contributed by atoms with Crippen LogP contribution in [-0.2, 0) is 4.79 Å². The maximum absolute atomic E-state index is 13.2. The molecule has 2 aromatic rings. The Kier molecular flexibility index (Phi) is 13.9. The van der Waals surface area contributed by atoms with Crippen molar-refractivity contribution in [2.75, 3.05) is 58.5 Å². The number of methoxy groups -OCH3 is 2. The Morgan fingerprint density at radius 1 is 0.824 bits per heavy atom. The van der Waals surface area contributed by atoms with E-state index >= 15 is 0 Å². The third-order valence-electron chi connectivity index (χ3n) is 5.47. The zero-order chi connectivity index (χ0) is 24.1. The number of hydrogen-bond donors (Lipinski definition) is 0. The van der Waals surface area contributed by atoms with Crippen LogP contribution < -0.4 is 23.8 Å². The van der Waals surface area contributed by atoms with Gasteiger partial charge in [0.1, 0.15) is 23.0 Å². The summed E-state index contributed by atoms with van der Waals surface area (Å²) in [4.78, 5) is 17.2. The molecule has 0 unspecified atom stereocenters. The molecule has 0 heterocycles. The largest absolute Gasteiger partial charge is 0.497 e. The summed E-state index contributed by atoms with van der Waals surface area (Å²) in [5.74, 6) is 2.52. The van der Waals surface area contributed by atoms with Crippen molar-refractivity contribution in [3.05, 3.63) is 42.5 Å². The first-order valence-corrected chi connectivity index (χ1v) is 11.7. The number of benzene rings is 2. The molecule has 0 radical (unpaired) electrons. The number of likely N-dealkylation sites (N-methyl/N-ethyl adjacent to an activating group) is 1. The standard InChI is InChI=1S/C26H38N2O5.ClH/c1-6-9-18-32-21-10-12-22(13-11-21)33-20-26(29)28(17-16-27(7-2)8-3)24-15-14-23(30-4)19-25(24)31-5;/h10-15,19H,6-9,16-18,20H2,1-5H3;1H. The number of carbonyl (C=O) groups excluding carboxylic acids is 1. The van der Waals surface area contributed by atoms with Crippen LogP contribution in [0, 0.1) is 0 Å².